The minimum Gasteiger partial charge on any atom is -0.393 e. The number of carbonyl (C=O) groups is 1. The Morgan fingerprint density at radius 2 is 1.67 bits per heavy atom. The normalized spacial score (nSPS) is 44.7. The van der Waals surface area contributed by atoms with Crippen LogP contribution in [0.5, 0.6) is 0 Å². The Morgan fingerprint density at radius 1 is 0.958 bits per heavy atom. The van der Waals surface area contributed by atoms with Crippen molar-refractivity contribution >= 4 is 5.78 Å². The molecule has 0 aromatic carbocycles. The van der Waals surface area contributed by atoms with Crippen LogP contribution in [0, 0.1) is 34.5 Å². The Balaban J connectivity index is 0.000000108. The molecule has 0 spiro atoms. The predicted molar refractivity (Wildman–Crippen MR) is 95.4 cm³/mol. The first-order chi connectivity index (χ1) is 11.2. The molecule has 0 radical (unpaired) electrons. The van der Waals surface area contributed by atoms with Gasteiger partial charge in [0, 0.05) is 12.3 Å². The van der Waals surface area contributed by atoms with E-state index in [4.69, 9.17) is 5.11 Å². The van der Waals surface area contributed by atoms with Gasteiger partial charge in [0.1, 0.15) is 5.78 Å². The van der Waals surface area contributed by atoms with Gasteiger partial charge in [-0.1, -0.05) is 39.8 Å². The molecule has 0 amide bonds. The van der Waals surface area contributed by atoms with Crippen molar-refractivity contribution in [3.8, 4) is 0 Å². The van der Waals surface area contributed by atoms with Gasteiger partial charge in [-0.3, -0.25) is 4.79 Å². The number of hydrogen-bond acceptors (Lipinski definition) is 3. The van der Waals surface area contributed by atoms with Crippen molar-refractivity contribution in [1.29, 1.82) is 0 Å². The number of rotatable bonds is 0. The van der Waals surface area contributed by atoms with Crippen molar-refractivity contribution < 1.29 is 15.0 Å². The van der Waals surface area contributed by atoms with E-state index in [1.165, 1.54) is 6.42 Å². The summed E-state index contributed by atoms with van der Waals surface area (Å²) in [6.07, 6.45) is 10.1. The predicted octanol–water partition coefficient (Wildman–Crippen LogP) is 3.73. The van der Waals surface area contributed by atoms with E-state index >= 15 is 0 Å². The number of hydrogen-bond donors (Lipinski definition) is 2. The zero-order valence-electron chi connectivity index (χ0n) is 15.7. The van der Waals surface area contributed by atoms with Gasteiger partial charge >= 0.3 is 0 Å². The molecule has 0 unspecified atom stereocenters. The van der Waals surface area contributed by atoms with Crippen LogP contribution in [-0.4, -0.2) is 28.2 Å². The van der Waals surface area contributed by atoms with Gasteiger partial charge in [0.05, 0.1) is 12.2 Å². The fourth-order valence-corrected chi connectivity index (χ4v) is 5.62. The van der Waals surface area contributed by atoms with Gasteiger partial charge in [-0.15, -0.1) is 0 Å². The number of aliphatic hydroxyl groups excluding tert-OH is 2. The molecule has 5 aliphatic carbocycles. The van der Waals surface area contributed by atoms with Crippen molar-refractivity contribution in [3.63, 3.8) is 0 Å². The number of aliphatic hydroxyl groups is 2. The fourth-order valence-electron chi connectivity index (χ4n) is 5.62. The van der Waals surface area contributed by atoms with Crippen LogP contribution in [0.3, 0.4) is 0 Å². The first kappa shape index (κ1) is 18.1. The Hall–Kier alpha value is -0.670. The van der Waals surface area contributed by atoms with Crippen LogP contribution in [0.15, 0.2) is 12.2 Å². The molecule has 5 rings (SSSR count). The summed E-state index contributed by atoms with van der Waals surface area (Å²) in [5.74, 6) is 3.23. The average molecular weight is 335 g/mol. The van der Waals surface area contributed by atoms with Crippen LogP contribution in [0.25, 0.3) is 0 Å². The molecule has 4 saturated carbocycles. The van der Waals surface area contributed by atoms with Crippen molar-refractivity contribution in [1.82, 2.24) is 0 Å². The summed E-state index contributed by atoms with van der Waals surface area (Å²) in [6.45, 7) is 8.95. The van der Waals surface area contributed by atoms with E-state index in [0.717, 1.165) is 43.9 Å². The molecule has 6 atom stereocenters. The molecule has 0 aromatic heterocycles. The van der Waals surface area contributed by atoms with E-state index in [2.05, 4.69) is 27.7 Å². The average Bonchev–Trinajstić information content (AvgIpc) is 2.98. The van der Waals surface area contributed by atoms with Gasteiger partial charge in [-0.05, 0) is 60.7 Å². The van der Waals surface area contributed by atoms with Crippen LogP contribution >= 0.6 is 0 Å². The quantitative estimate of drug-likeness (QED) is 0.664. The lowest BCUT2D eigenvalue weighted by Crippen LogP contribution is -2.10. The largest absolute Gasteiger partial charge is 0.393 e. The van der Waals surface area contributed by atoms with Crippen LogP contribution in [0.4, 0.5) is 0 Å². The van der Waals surface area contributed by atoms with Gasteiger partial charge < -0.3 is 10.2 Å². The molecular weight excluding hydrogens is 300 g/mol. The molecule has 3 nitrogen and oxygen atoms in total. The summed E-state index contributed by atoms with van der Waals surface area (Å²) in [6, 6.07) is 0. The zero-order chi connectivity index (χ0) is 17.7. The van der Waals surface area contributed by atoms with Crippen molar-refractivity contribution in [2.24, 2.45) is 34.5 Å². The molecule has 2 N–H and O–H groups in total. The summed E-state index contributed by atoms with van der Waals surface area (Å²) in [4.78, 5) is 11.0. The number of fused-ring (bicyclic) bond motifs is 2. The van der Waals surface area contributed by atoms with Crippen LogP contribution in [0.1, 0.15) is 66.2 Å². The second kappa shape index (κ2) is 6.25. The Morgan fingerprint density at radius 3 is 1.88 bits per heavy atom. The standard InChI is InChI=1S/C8H14O.C8H12O.C5H8O/c2*1-8(2)5-3-4-6(9)7(5)8;6-5-3-1-2-4-5/h5-7,9H,3-4H2,1-2H3;5,7H,3-4H2,1-2H3;1,3,5-6H,2,4H2/t5-,6+,7-;5-,7-;5-/m111/s1. The molecule has 0 aromatic rings. The highest BCUT2D eigenvalue weighted by atomic mass is 16.3. The molecule has 5 aliphatic rings. The molecule has 136 valence electrons. The maximum Gasteiger partial charge on any atom is 0.136 e. The Bertz CT molecular complexity index is 519. The monoisotopic (exact) mass is 334 g/mol. The van der Waals surface area contributed by atoms with Gasteiger partial charge in [0.2, 0.25) is 0 Å². The number of Topliss-reactive ketones (excluding diaryl/α,β-unsaturated/α-hetero) is 1. The maximum atomic E-state index is 11.0. The van der Waals surface area contributed by atoms with E-state index in [1.807, 2.05) is 12.2 Å². The maximum absolute atomic E-state index is 11.0. The molecule has 24 heavy (non-hydrogen) atoms. The molecule has 4 fully saturated rings. The van der Waals surface area contributed by atoms with Crippen LogP contribution in [0.2, 0.25) is 0 Å². The summed E-state index contributed by atoms with van der Waals surface area (Å²) in [7, 11) is 0. The SMILES string of the molecule is CC1(C)[C@@H]2CCC(=O)[C@@H]21.CC1(C)[C@@H]2[C@H]1CC[C@@H]2O.O[C@@H]1C=CCC1. The summed E-state index contributed by atoms with van der Waals surface area (Å²) < 4.78 is 0. The molecule has 3 heteroatoms. The van der Waals surface area contributed by atoms with Gasteiger partial charge in [-0.25, -0.2) is 0 Å². The lowest BCUT2D eigenvalue weighted by molar-refractivity contribution is -0.119. The fraction of sp³-hybridized carbons (Fsp3) is 0.857. The summed E-state index contributed by atoms with van der Waals surface area (Å²) in [5.41, 5.74) is 0.868. The highest BCUT2D eigenvalue weighted by molar-refractivity contribution is 5.87. The first-order valence-corrected chi connectivity index (χ1v) is 9.73. The second-order valence-corrected chi connectivity index (χ2v) is 9.58. The lowest BCUT2D eigenvalue weighted by atomic mass is 9.99. The molecular formula is C21H34O3. The molecule has 0 aliphatic heterocycles. The smallest absolute Gasteiger partial charge is 0.136 e. The van der Waals surface area contributed by atoms with Gasteiger partial charge in [0.25, 0.3) is 0 Å². The highest BCUT2D eigenvalue weighted by Crippen LogP contribution is 2.66. The van der Waals surface area contributed by atoms with Crippen molar-refractivity contribution in [2.45, 2.75) is 78.4 Å². The highest BCUT2D eigenvalue weighted by Gasteiger charge is 2.64. The third kappa shape index (κ3) is 3.22. The van der Waals surface area contributed by atoms with E-state index in [9.17, 15) is 9.90 Å². The third-order valence-electron chi connectivity index (χ3n) is 7.41. The van der Waals surface area contributed by atoms with Gasteiger partial charge in [-0.2, -0.15) is 0 Å². The second-order valence-electron chi connectivity index (χ2n) is 9.58. The van der Waals surface area contributed by atoms with E-state index in [-0.39, 0.29) is 12.2 Å². The van der Waals surface area contributed by atoms with Crippen molar-refractivity contribution in [2.75, 3.05) is 0 Å². The Kier molecular flexibility index (Phi) is 4.72. The summed E-state index contributed by atoms with van der Waals surface area (Å²) >= 11 is 0. The van der Waals surface area contributed by atoms with E-state index < -0.39 is 0 Å². The minimum absolute atomic E-state index is 0.0324. The van der Waals surface area contributed by atoms with Gasteiger partial charge in [0.15, 0.2) is 0 Å². The van der Waals surface area contributed by atoms with Crippen LogP contribution < -0.4 is 0 Å². The van der Waals surface area contributed by atoms with E-state index in [0.29, 0.717) is 28.4 Å². The first-order valence-electron chi connectivity index (χ1n) is 9.73. The zero-order valence-corrected chi connectivity index (χ0v) is 15.7. The topological polar surface area (TPSA) is 57.5 Å². The van der Waals surface area contributed by atoms with Crippen LogP contribution in [-0.2, 0) is 4.79 Å². The number of allylic oxidation sites excluding steroid dienone is 1. The molecule has 0 saturated heterocycles. The number of ketones is 1. The third-order valence-corrected chi connectivity index (χ3v) is 7.41. The molecule has 0 heterocycles. The number of carbonyl (C=O) groups excluding carboxylic acids is 1. The Labute approximate surface area is 146 Å². The van der Waals surface area contributed by atoms with Crippen molar-refractivity contribution in [3.05, 3.63) is 12.2 Å². The molecule has 0 bridgehead atoms. The minimum atomic E-state index is -0.134. The van der Waals surface area contributed by atoms with E-state index in [1.54, 1.807) is 0 Å². The summed E-state index contributed by atoms with van der Waals surface area (Å²) in [5, 5.41) is 18.0. The lowest BCUT2D eigenvalue weighted by Gasteiger charge is -2.10.